The number of rotatable bonds is 8. The van der Waals surface area contributed by atoms with Gasteiger partial charge in [-0.25, -0.2) is 0 Å². The Balaban J connectivity index is 2.61. The molecule has 18 heavy (non-hydrogen) atoms. The van der Waals surface area contributed by atoms with Crippen LogP contribution in [0.3, 0.4) is 0 Å². The van der Waals surface area contributed by atoms with Crippen LogP contribution in [0, 0.1) is 0 Å². The Morgan fingerprint density at radius 3 is 2.89 bits per heavy atom. The van der Waals surface area contributed by atoms with Gasteiger partial charge >= 0.3 is 5.97 Å². The molecule has 1 aromatic heterocycles. The number of thiophene rings is 1. The molecule has 1 heterocycles. The standard InChI is InChI=1S/C13H21NO3S/c1-4-17-12(15)13(2,7-8-16-3)14-10-11-6-5-9-18-11/h5-6,9,14H,4,7-8,10H2,1-3H3. The molecule has 1 unspecified atom stereocenters. The van der Waals surface area contributed by atoms with Crippen molar-refractivity contribution in [3.05, 3.63) is 22.4 Å². The first-order valence-corrected chi connectivity index (χ1v) is 6.94. The van der Waals surface area contributed by atoms with Crippen LogP contribution in [-0.2, 0) is 20.8 Å². The third-order valence-corrected chi connectivity index (χ3v) is 3.64. The highest BCUT2D eigenvalue weighted by molar-refractivity contribution is 7.09. The molecule has 4 nitrogen and oxygen atoms in total. The van der Waals surface area contributed by atoms with E-state index in [4.69, 9.17) is 9.47 Å². The molecule has 0 aromatic carbocycles. The lowest BCUT2D eigenvalue weighted by molar-refractivity contribution is -0.151. The van der Waals surface area contributed by atoms with Crippen molar-refractivity contribution in [1.82, 2.24) is 5.32 Å². The van der Waals surface area contributed by atoms with E-state index in [-0.39, 0.29) is 5.97 Å². The molecule has 1 N–H and O–H groups in total. The predicted octanol–water partition coefficient (Wildman–Crippen LogP) is 2.20. The highest BCUT2D eigenvalue weighted by Gasteiger charge is 2.33. The second-order valence-electron chi connectivity index (χ2n) is 4.23. The Kier molecular flexibility index (Phi) is 6.32. The number of carbonyl (C=O) groups excluding carboxylic acids is 1. The predicted molar refractivity (Wildman–Crippen MR) is 72.7 cm³/mol. The van der Waals surface area contributed by atoms with Gasteiger partial charge in [-0.1, -0.05) is 6.07 Å². The average Bonchev–Trinajstić information content (AvgIpc) is 2.87. The third kappa shape index (κ3) is 4.40. The summed E-state index contributed by atoms with van der Waals surface area (Å²) in [6.07, 6.45) is 0.591. The average molecular weight is 271 g/mol. The largest absolute Gasteiger partial charge is 0.465 e. The number of nitrogens with one attached hydrogen (secondary N) is 1. The number of carbonyl (C=O) groups is 1. The summed E-state index contributed by atoms with van der Waals surface area (Å²) in [5.41, 5.74) is -0.698. The van der Waals surface area contributed by atoms with E-state index in [1.54, 1.807) is 18.4 Å². The SMILES string of the molecule is CCOC(=O)C(C)(CCOC)NCc1cccs1. The molecular formula is C13H21NO3S. The summed E-state index contributed by atoms with van der Waals surface area (Å²) in [5, 5.41) is 5.30. The maximum atomic E-state index is 12.0. The van der Waals surface area contributed by atoms with Crippen LogP contribution < -0.4 is 5.32 Å². The molecule has 0 radical (unpaired) electrons. The van der Waals surface area contributed by atoms with Gasteiger partial charge in [-0.05, 0) is 31.7 Å². The van der Waals surface area contributed by atoms with Crippen molar-refractivity contribution < 1.29 is 14.3 Å². The molecule has 0 aliphatic carbocycles. The third-order valence-electron chi connectivity index (χ3n) is 2.77. The first-order valence-electron chi connectivity index (χ1n) is 6.06. The Bertz CT molecular complexity index is 353. The molecule has 0 aliphatic rings. The number of hydrogen-bond acceptors (Lipinski definition) is 5. The highest BCUT2D eigenvalue weighted by Crippen LogP contribution is 2.16. The quantitative estimate of drug-likeness (QED) is 0.736. The lowest BCUT2D eigenvalue weighted by atomic mass is 9.98. The van der Waals surface area contributed by atoms with Crippen LogP contribution >= 0.6 is 11.3 Å². The van der Waals surface area contributed by atoms with Crippen LogP contribution in [0.25, 0.3) is 0 Å². The summed E-state index contributed by atoms with van der Waals surface area (Å²) in [7, 11) is 1.63. The molecule has 102 valence electrons. The normalized spacial score (nSPS) is 14.2. The van der Waals surface area contributed by atoms with E-state index in [9.17, 15) is 4.79 Å². The highest BCUT2D eigenvalue weighted by atomic mass is 32.1. The molecular weight excluding hydrogens is 250 g/mol. The van der Waals surface area contributed by atoms with Crippen molar-refractivity contribution in [2.75, 3.05) is 20.3 Å². The summed E-state index contributed by atoms with van der Waals surface area (Å²) < 4.78 is 10.2. The molecule has 1 rings (SSSR count). The van der Waals surface area contributed by atoms with Crippen molar-refractivity contribution in [1.29, 1.82) is 0 Å². The van der Waals surface area contributed by atoms with E-state index in [0.717, 1.165) is 0 Å². The van der Waals surface area contributed by atoms with E-state index in [1.807, 2.05) is 31.4 Å². The Morgan fingerprint density at radius 2 is 2.33 bits per heavy atom. The molecule has 0 amide bonds. The van der Waals surface area contributed by atoms with Crippen LogP contribution in [0.2, 0.25) is 0 Å². The number of hydrogen-bond donors (Lipinski definition) is 1. The van der Waals surface area contributed by atoms with Crippen LogP contribution in [0.15, 0.2) is 17.5 Å². The summed E-state index contributed by atoms with van der Waals surface area (Å²) in [4.78, 5) is 13.2. The van der Waals surface area contributed by atoms with E-state index in [2.05, 4.69) is 5.32 Å². The van der Waals surface area contributed by atoms with Gasteiger partial charge in [0.25, 0.3) is 0 Å². The summed E-state index contributed by atoms with van der Waals surface area (Å²) >= 11 is 1.67. The molecule has 0 bridgehead atoms. The minimum Gasteiger partial charge on any atom is -0.465 e. The van der Waals surface area contributed by atoms with Crippen LogP contribution in [0.5, 0.6) is 0 Å². The van der Waals surface area contributed by atoms with Crippen molar-refractivity contribution >= 4 is 17.3 Å². The van der Waals surface area contributed by atoms with Crippen molar-refractivity contribution in [2.45, 2.75) is 32.4 Å². The van der Waals surface area contributed by atoms with E-state index in [1.165, 1.54) is 4.88 Å². The minimum absolute atomic E-state index is 0.224. The van der Waals surface area contributed by atoms with E-state index < -0.39 is 5.54 Å². The zero-order chi connectivity index (χ0) is 13.4. The molecule has 0 fully saturated rings. The molecule has 0 saturated carbocycles. The topological polar surface area (TPSA) is 47.6 Å². The zero-order valence-corrected chi connectivity index (χ0v) is 12.0. The first kappa shape index (κ1) is 15.1. The monoisotopic (exact) mass is 271 g/mol. The summed E-state index contributed by atoms with van der Waals surface area (Å²) in [5.74, 6) is -0.224. The number of esters is 1. The van der Waals surface area contributed by atoms with Crippen LogP contribution in [0.4, 0.5) is 0 Å². The minimum atomic E-state index is -0.698. The number of ether oxygens (including phenoxy) is 2. The van der Waals surface area contributed by atoms with Crippen molar-refractivity contribution in [3.8, 4) is 0 Å². The van der Waals surface area contributed by atoms with Gasteiger partial charge in [-0.15, -0.1) is 11.3 Å². The lowest BCUT2D eigenvalue weighted by Gasteiger charge is -2.28. The molecule has 0 aliphatic heterocycles. The molecule has 1 atom stereocenters. The second kappa shape index (κ2) is 7.51. The van der Waals surface area contributed by atoms with Crippen LogP contribution in [0.1, 0.15) is 25.1 Å². The van der Waals surface area contributed by atoms with Gasteiger partial charge in [0.1, 0.15) is 5.54 Å². The van der Waals surface area contributed by atoms with Crippen molar-refractivity contribution in [2.24, 2.45) is 0 Å². The van der Waals surface area contributed by atoms with Gasteiger partial charge in [0, 0.05) is 25.1 Å². The zero-order valence-electron chi connectivity index (χ0n) is 11.2. The summed E-state index contributed by atoms with van der Waals surface area (Å²) in [6, 6.07) is 4.04. The van der Waals surface area contributed by atoms with E-state index >= 15 is 0 Å². The van der Waals surface area contributed by atoms with Crippen molar-refractivity contribution in [3.63, 3.8) is 0 Å². The van der Waals surface area contributed by atoms with Crippen LogP contribution in [-0.4, -0.2) is 31.8 Å². The maximum absolute atomic E-state index is 12.0. The molecule has 5 heteroatoms. The van der Waals surface area contributed by atoms with E-state index in [0.29, 0.717) is 26.2 Å². The van der Waals surface area contributed by atoms with Gasteiger partial charge in [0.15, 0.2) is 0 Å². The number of methoxy groups -OCH3 is 1. The lowest BCUT2D eigenvalue weighted by Crippen LogP contribution is -2.50. The fraction of sp³-hybridized carbons (Fsp3) is 0.615. The molecule has 1 aromatic rings. The maximum Gasteiger partial charge on any atom is 0.326 e. The fourth-order valence-corrected chi connectivity index (χ4v) is 2.20. The Morgan fingerprint density at radius 1 is 1.56 bits per heavy atom. The van der Waals surface area contributed by atoms with Gasteiger partial charge in [0.2, 0.25) is 0 Å². The second-order valence-corrected chi connectivity index (χ2v) is 5.26. The summed E-state index contributed by atoms with van der Waals surface area (Å²) in [6.45, 7) is 5.25. The van der Waals surface area contributed by atoms with Gasteiger partial charge in [-0.3, -0.25) is 10.1 Å². The van der Waals surface area contributed by atoms with Gasteiger partial charge < -0.3 is 9.47 Å². The fourth-order valence-electron chi connectivity index (χ4n) is 1.55. The van der Waals surface area contributed by atoms with Gasteiger partial charge in [0.05, 0.1) is 6.61 Å². The molecule has 0 saturated heterocycles. The molecule has 0 spiro atoms. The van der Waals surface area contributed by atoms with Gasteiger partial charge in [-0.2, -0.15) is 0 Å². The Labute approximate surface area is 112 Å². The smallest absolute Gasteiger partial charge is 0.326 e. The Hall–Kier alpha value is -0.910. The first-order chi connectivity index (χ1) is 8.62.